The van der Waals surface area contributed by atoms with Crippen LogP contribution in [0.2, 0.25) is 0 Å². The molecule has 0 heterocycles. The first-order valence-electron chi connectivity index (χ1n) is 7.53. The molecule has 0 aliphatic rings. The summed E-state index contributed by atoms with van der Waals surface area (Å²) < 4.78 is 11.1. The lowest BCUT2D eigenvalue weighted by atomic mass is 10.2. The Morgan fingerprint density at radius 3 is 2.39 bits per heavy atom. The molecule has 0 atom stereocenters. The maximum absolute atomic E-state index is 12.2. The molecule has 0 saturated heterocycles. The van der Waals surface area contributed by atoms with Gasteiger partial charge in [-0.2, -0.15) is 4.99 Å². The van der Waals surface area contributed by atoms with Crippen molar-refractivity contribution in [3.8, 4) is 5.75 Å². The molecule has 0 aromatic heterocycles. The van der Waals surface area contributed by atoms with Gasteiger partial charge in [0.05, 0.1) is 17.4 Å². The molecule has 0 aliphatic carbocycles. The number of carbonyl (C=O) groups excluding carboxylic acids is 1. The van der Waals surface area contributed by atoms with Crippen molar-refractivity contribution in [2.75, 3.05) is 13.2 Å². The van der Waals surface area contributed by atoms with Gasteiger partial charge in [0, 0.05) is 6.04 Å². The average molecular weight is 336 g/mol. The third kappa shape index (κ3) is 7.26. The molecule has 0 spiro atoms. The number of ether oxygens (including phenoxy) is 2. The van der Waals surface area contributed by atoms with E-state index in [1.807, 2.05) is 34.6 Å². The number of carbonyl (C=O) groups is 1. The first-order chi connectivity index (χ1) is 10.7. The second-order valence-corrected chi connectivity index (χ2v) is 6.50. The van der Waals surface area contributed by atoms with Gasteiger partial charge in [0.2, 0.25) is 0 Å². The fraction of sp³-hybridized carbons (Fsp3) is 0.529. The van der Waals surface area contributed by atoms with Crippen LogP contribution in [0.15, 0.2) is 29.3 Å². The zero-order valence-electron chi connectivity index (χ0n) is 14.3. The van der Waals surface area contributed by atoms with Crippen LogP contribution < -0.4 is 4.74 Å². The Hall–Kier alpha value is -1.91. The molecule has 0 fully saturated rings. The van der Waals surface area contributed by atoms with Crippen LogP contribution in [0.1, 0.15) is 34.6 Å². The number of aliphatic imine (C=N–C) groups is 1. The maximum Gasteiger partial charge on any atom is 0.410 e. The van der Waals surface area contributed by atoms with Crippen molar-refractivity contribution >= 4 is 29.2 Å². The number of nitrogens with zero attached hydrogens (tertiary/aromatic N) is 2. The summed E-state index contributed by atoms with van der Waals surface area (Å²) in [6.07, 6.45) is -0.332. The molecule has 5 nitrogen and oxygen atoms in total. The van der Waals surface area contributed by atoms with E-state index in [4.69, 9.17) is 9.47 Å². The Kier molecular flexibility index (Phi) is 7.20. The van der Waals surface area contributed by atoms with Crippen LogP contribution in [0.4, 0.5) is 10.5 Å². The number of hydrogen-bond donors (Lipinski definition) is 0. The third-order valence-corrected chi connectivity index (χ3v) is 2.96. The molecule has 1 rings (SSSR count). The molecule has 1 amide bonds. The van der Waals surface area contributed by atoms with Gasteiger partial charge < -0.3 is 14.4 Å². The lowest BCUT2D eigenvalue weighted by molar-refractivity contribution is 0.0164. The summed E-state index contributed by atoms with van der Waals surface area (Å²) in [4.78, 5) is 17.7. The Morgan fingerprint density at radius 2 is 1.91 bits per heavy atom. The van der Waals surface area contributed by atoms with Gasteiger partial charge >= 0.3 is 6.09 Å². The summed E-state index contributed by atoms with van der Waals surface area (Å²) >= 11 is 4.55. The highest BCUT2D eigenvalue weighted by Gasteiger charge is 2.23. The maximum atomic E-state index is 12.2. The lowest BCUT2D eigenvalue weighted by Gasteiger charge is -2.30. The molecule has 0 aliphatic heterocycles. The molecule has 23 heavy (non-hydrogen) atoms. The minimum Gasteiger partial charge on any atom is -0.492 e. The number of benzene rings is 1. The SMILES string of the molecule is CC(C)N(CCOc1ccc(N=C=S)cc1)C(=O)OC(C)(C)C. The number of isothiocyanates is 1. The number of hydrogen-bond acceptors (Lipinski definition) is 5. The summed E-state index contributed by atoms with van der Waals surface area (Å²) in [5.41, 5.74) is 0.216. The van der Waals surface area contributed by atoms with Gasteiger partial charge in [0.25, 0.3) is 0 Å². The molecule has 126 valence electrons. The van der Waals surface area contributed by atoms with Gasteiger partial charge in [-0.1, -0.05) is 0 Å². The van der Waals surface area contributed by atoms with E-state index in [1.54, 1.807) is 29.2 Å². The number of thiocarbonyl (C=S) groups is 1. The van der Waals surface area contributed by atoms with Crippen LogP contribution >= 0.6 is 12.2 Å². The Labute approximate surface area is 143 Å². The minimum atomic E-state index is -0.511. The predicted molar refractivity (Wildman–Crippen MR) is 94.7 cm³/mol. The minimum absolute atomic E-state index is 0.0350. The summed E-state index contributed by atoms with van der Waals surface area (Å²) in [6.45, 7) is 10.3. The Balaban J connectivity index is 2.55. The molecular weight excluding hydrogens is 312 g/mol. The molecule has 1 aromatic rings. The highest BCUT2D eigenvalue weighted by atomic mass is 32.1. The highest BCUT2D eigenvalue weighted by Crippen LogP contribution is 2.18. The molecule has 0 radical (unpaired) electrons. The second-order valence-electron chi connectivity index (χ2n) is 6.31. The van der Waals surface area contributed by atoms with E-state index in [-0.39, 0.29) is 12.1 Å². The molecule has 0 bridgehead atoms. The van der Waals surface area contributed by atoms with E-state index in [1.165, 1.54) is 0 Å². The standard InChI is InChI=1S/C17H24N2O3S/c1-13(2)19(16(20)22-17(3,4)5)10-11-21-15-8-6-14(7-9-15)18-12-23/h6-9,13H,10-11H2,1-5H3. The van der Waals surface area contributed by atoms with Crippen LogP contribution in [-0.2, 0) is 4.74 Å². The number of amides is 1. The monoisotopic (exact) mass is 336 g/mol. The van der Waals surface area contributed by atoms with Gasteiger partial charge in [0.15, 0.2) is 0 Å². The zero-order chi connectivity index (χ0) is 17.5. The third-order valence-electron chi connectivity index (χ3n) is 2.86. The molecule has 0 N–H and O–H groups in total. The molecule has 1 aromatic carbocycles. The van der Waals surface area contributed by atoms with Gasteiger partial charge in [-0.15, -0.1) is 0 Å². The quantitative estimate of drug-likeness (QED) is 0.569. The van der Waals surface area contributed by atoms with E-state index in [0.29, 0.717) is 18.9 Å². The summed E-state index contributed by atoms with van der Waals surface area (Å²) in [5.74, 6) is 0.709. The molecule has 6 heteroatoms. The smallest absolute Gasteiger partial charge is 0.410 e. The molecular formula is C17H24N2O3S. The van der Waals surface area contributed by atoms with Crippen LogP contribution in [0.3, 0.4) is 0 Å². The fourth-order valence-corrected chi connectivity index (χ4v) is 1.92. The Bertz CT molecular complexity index is 558. The van der Waals surface area contributed by atoms with Gasteiger partial charge in [0.1, 0.15) is 18.0 Å². The number of rotatable bonds is 6. The zero-order valence-corrected chi connectivity index (χ0v) is 15.1. The van der Waals surface area contributed by atoms with Crippen molar-refractivity contribution in [1.29, 1.82) is 0 Å². The van der Waals surface area contributed by atoms with Crippen molar-refractivity contribution < 1.29 is 14.3 Å². The van der Waals surface area contributed by atoms with Gasteiger partial charge in [-0.05, 0) is 71.1 Å². The molecule has 0 saturated carbocycles. The topological polar surface area (TPSA) is 51.1 Å². The van der Waals surface area contributed by atoms with E-state index in [2.05, 4.69) is 22.4 Å². The summed E-state index contributed by atoms with van der Waals surface area (Å²) in [6, 6.07) is 7.23. The van der Waals surface area contributed by atoms with Crippen molar-refractivity contribution in [2.24, 2.45) is 4.99 Å². The van der Waals surface area contributed by atoms with E-state index >= 15 is 0 Å². The average Bonchev–Trinajstić information content (AvgIpc) is 2.43. The highest BCUT2D eigenvalue weighted by molar-refractivity contribution is 7.78. The van der Waals surface area contributed by atoms with Crippen molar-refractivity contribution in [2.45, 2.75) is 46.3 Å². The summed E-state index contributed by atoms with van der Waals surface area (Å²) in [5, 5.41) is 2.31. The molecule has 0 unspecified atom stereocenters. The fourth-order valence-electron chi connectivity index (χ4n) is 1.81. The van der Waals surface area contributed by atoms with E-state index < -0.39 is 5.60 Å². The van der Waals surface area contributed by atoms with Crippen LogP contribution in [0.25, 0.3) is 0 Å². The largest absolute Gasteiger partial charge is 0.492 e. The Morgan fingerprint density at radius 1 is 1.30 bits per heavy atom. The summed E-state index contributed by atoms with van der Waals surface area (Å²) in [7, 11) is 0. The lowest BCUT2D eigenvalue weighted by Crippen LogP contribution is -2.43. The van der Waals surface area contributed by atoms with E-state index in [9.17, 15) is 4.79 Å². The van der Waals surface area contributed by atoms with Crippen LogP contribution in [0, 0.1) is 0 Å². The first-order valence-corrected chi connectivity index (χ1v) is 7.94. The van der Waals surface area contributed by atoms with Crippen LogP contribution in [-0.4, -0.2) is 40.9 Å². The normalized spacial score (nSPS) is 10.9. The first kappa shape index (κ1) is 19.1. The van der Waals surface area contributed by atoms with Crippen LogP contribution in [0.5, 0.6) is 5.75 Å². The predicted octanol–water partition coefficient (Wildman–Crippen LogP) is 4.45. The second kappa shape index (κ2) is 8.65. The van der Waals surface area contributed by atoms with Gasteiger partial charge in [-0.25, -0.2) is 4.79 Å². The van der Waals surface area contributed by atoms with Gasteiger partial charge in [-0.3, -0.25) is 0 Å². The van der Waals surface area contributed by atoms with Crippen molar-refractivity contribution in [3.05, 3.63) is 24.3 Å². The van der Waals surface area contributed by atoms with Crippen molar-refractivity contribution in [3.63, 3.8) is 0 Å². The van der Waals surface area contributed by atoms with Crippen molar-refractivity contribution in [1.82, 2.24) is 4.90 Å². The van der Waals surface area contributed by atoms with E-state index in [0.717, 1.165) is 5.69 Å².